The van der Waals surface area contributed by atoms with E-state index in [9.17, 15) is 0 Å². The fourth-order valence-electron chi connectivity index (χ4n) is 21.9. The summed E-state index contributed by atoms with van der Waals surface area (Å²) in [5, 5.41) is 0. The highest BCUT2D eigenvalue weighted by Gasteiger charge is 2.78. The third-order valence-corrected chi connectivity index (χ3v) is 475. The normalized spacial score (nSPS) is 16.9. The van der Waals surface area contributed by atoms with E-state index in [-0.39, 0.29) is 0 Å². The molecule has 448 valence electrons. The molecule has 0 amide bonds. The van der Waals surface area contributed by atoms with Gasteiger partial charge in [0.05, 0.1) is 0 Å². The summed E-state index contributed by atoms with van der Waals surface area (Å²) >= 11 is 0. The van der Waals surface area contributed by atoms with Gasteiger partial charge < -0.3 is 0 Å². The van der Waals surface area contributed by atoms with Gasteiger partial charge in [-0.25, -0.2) is 0 Å². The molecule has 0 aliphatic rings. The van der Waals surface area contributed by atoms with Crippen molar-refractivity contribution in [3.8, 4) is 0 Å². The third kappa shape index (κ3) is 14.8. The van der Waals surface area contributed by atoms with E-state index in [1.54, 1.807) is 22.7 Å². The van der Waals surface area contributed by atoms with E-state index in [4.69, 9.17) is 0 Å². The molecule has 0 unspecified atom stereocenters. The first-order valence-electron chi connectivity index (χ1n) is 30.8. The van der Waals surface area contributed by atoms with E-state index in [2.05, 4.69) is 314 Å². The summed E-state index contributed by atoms with van der Waals surface area (Å²) < 4.78 is 0. The molecule has 74 heavy (non-hydrogen) atoms. The van der Waals surface area contributed by atoms with Gasteiger partial charge in [-0.3, -0.25) is 0 Å². The Balaban J connectivity index is 0. The predicted octanol–water partition coefficient (Wildman–Crippen LogP) is 21.5. The Morgan fingerprint density at radius 2 is 0.203 bits per heavy atom. The predicted molar refractivity (Wildman–Crippen MR) is 427 cm³/mol. The van der Waals surface area contributed by atoms with Crippen molar-refractivity contribution in [2.24, 2.45) is 0 Å². The van der Waals surface area contributed by atoms with Crippen LogP contribution < -0.4 is 0 Å². The molecule has 0 atom stereocenters. The molecular formula is C52H152Si22. The average molecular weight is 1400 g/mol. The first-order chi connectivity index (χ1) is 30.8. The molecule has 0 bridgehead atoms. The van der Waals surface area contributed by atoms with Gasteiger partial charge in [0.1, 0.15) is 0 Å². The zero-order valence-electron chi connectivity index (χ0n) is 61.8. The van der Waals surface area contributed by atoms with Gasteiger partial charge in [-0.15, -0.1) is 0 Å². The van der Waals surface area contributed by atoms with E-state index in [0.29, 0.717) is 0 Å². The fourth-order valence-corrected chi connectivity index (χ4v) is 839. The van der Waals surface area contributed by atoms with Crippen LogP contribution in [0.15, 0.2) is 0 Å². The highest BCUT2D eigenvalue weighted by molar-refractivity contribution is 8.13. The molecule has 0 aromatic carbocycles. The van der Waals surface area contributed by atoms with Gasteiger partial charge in [0.2, 0.25) is 0 Å². The summed E-state index contributed by atoms with van der Waals surface area (Å²) in [4.78, 5) is 0. The third-order valence-electron chi connectivity index (χ3n) is 23.9. The van der Waals surface area contributed by atoms with Crippen molar-refractivity contribution in [2.45, 2.75) is 337 Å². The van der Waals surface area contributed by atoms with Crippen LogP contribution in [0.4, 0.5) is 0 Å². The minimum atomic E-state index is -1.48. The monoisotopic (exact) mass is 1390 g/mol. The van der Waals surface area contributed by atoms with Crippen LogP contribution >= 0.6 is 0 Å². The molecule has 0 spiro atoms. The van der Waals surface area contributed by atoms with Crippen LogP contribution in [0, 0.1) is 0 Å². The molecule has 0 aliphatic heterocycles. The smallest absolute Gasteiger partial charge is 0.0410 e. The SMILES string of the molecule is C[Si](C)(C)C[Si]([Si](C)(C)C)([Si](C)(C)C)[Si](C)(C)[Si](C)(C)[Si](C)(C)[Si](C[Si](C)(C)C)([Si](C)(C)C)[Si](C)(C)C.C[Si](C)(C)C[Si]([Si](C)(C)C)([Si](C)(C)C)[Si](C)(C)[Si](C)(C)[Si](C)(C)[Si](C[Si](C)(C)C)([Si](C)(C)C)[Si](C)(C)C. The molecule has 22 heteroatoms. The molecule has 0 saturated carbocycles. The summed E-state index contributed by atoms with van der Waals surface area (Å²) in [6, 6.07) is 0. The number of hydrogen-bond donors (Lipinski definition) is 0. The van der Waals surface area contributed by atoms with Gasteiger partial charge in [0.25, 0.3) is 0 Å². The first-order valence-corrected chi connectivity index (χ1v) is 116. The van der Waals surface area contributed by atoms with E-state index in [1.165, 1.54) is 0 Å². The molecule has 0 rings (SSSR count). The molecule has 0 N–H and O–H groups in total. The Labute approximate surface area is 493 Å². The van der Waals surface area contributed by atoms with Gasteiger partial charge in [0.15, 0.2) is 0 Å². The largest absolute Gasteiger partial charge is 0.0737 e. The fraction of sp³-hybridized carbons (Fsp3) is 1.00. The van der Waals surface area contributed by atoms with Gasteiger partial charge in [-0.1, -0.05) is 337 Å². The van der Waals surface area contributed by atoms with Crippen molar-refractivity contribution in [2.75, 3.05) is 0 Å². The zero-order valence-corrected chi connectivity index (χ0v) is 83.8. The lowest BCUT2D eigenvalue weighted by Gasteiger charge is -2.71. The van der Waals surface area contributed by atoms with E-state index < -0.39 is 162 Å². The molecule has 0 saturated heterocycles. The topological polar surface area (TPSA) is 0 Å². The molecular weight excluding hydrogens is 1240 g/mol. The molecule has 0 heterocycles. The highest BCUT2D eigenvalue weighted by atomic mass is 30.2. The summed E-state index contributed by atoms with van der Waals surface area (Å²) in [6.07, 6.45) is 0. The average Bonchev–Trinajstić information content (AvgIpc) is 3.00. The molecule has 0 radical (unpaired) electrons. The minimum absolute atomic E-state index is 1.18. The maximum Gasteiger partial charge on any atom is 0.0410 e. The van der Waals surface area contributed by atoms with Crippen LogP contribution in [0.5, 0.6) is 0 Å². The Morgan fingerprint density at radius 3 is 0.257 bits per heavy atom. The molecule has 0 nitrogen and oxygen atoms in total. The van der Waals surface area contributed by atoms with Gasteiger partial charge in [-0.05, 0) is 0 Å². The molecule has 0 aliphatic carbocycles. The van der Waals surface area contributed by atoms with Crippen LogP contribution in [-0.4, -0.2) is 162 Å². The van der Waals surface area contributed by atoms with Gasteiger partial charge in [-0.2, -0.15) is 0 Å². The Bertz CT molecular complexity index is 1520. The van der Waals surface area contributed by atoms with E-state index in [0.717, 1.165) is 0 Å². The first kappa shape index (κ1) is 80.8. The van der Waals surface area contributed by atoms with Crippen LogP contribution in [0.3, 0.4) is 0 Å². The van der Waals surface area contributed by atoms with Gasteiger partial charge in [0, 0.05) is 162 Å². The lowest BCUT2D eigenvalue weighted by molar-refractivity contribution is 1.57. The summed E-state index contributed by atoms with van der Waals surface area (Å²) in [7, 11) is -24.0. The van der Waals surface area contributed by atoms with Crippen LogP contribution in [0.1, 0.15) is 0 Å². The lowest BCUT2D eigenvalue weighted by Crippen LogP contribution is -2.99. The number of hydrogen-bond acceptors (Lipinski definition) is 0. The second-order valence-electron chi connectivity index (χ2n) is 42.3. The molecule has 0 aromatic heterocycles. The van der Waals surface area contributed by atoms with Crippen molar-refractivity contribution in [1.29, 1.82) is 0 Å². The summed E-state index contributed by atoms with van der Waals surface area (Å²) in [6.45, 7) is 134. The van der Waals surface area contributed by atoms with Crippen molar-refractivity contribution in [3.63, 3.8) is 0 Å². The second kappa shape index (κ2) is 23.1. The van der Waals surface area contributed by atoms with Crippen molar-refractivity contribution >= 4 is 162 Å². The van der Waals surface area contributed by atoms with Crippen molar-refractivity contribution in [1.82, 2.24) is 0 Å². The molecule has 0 aromatic rings. The maximum atomic E-state index is 3.11. The Hall–Kier alpha value is 4.77. The summed E-state index contributed by atoms with van der Waals surface area (Å²) in [5.41, 5.74) is 7.09. The van der Waals surface area contributed by atoms with Gasteiger partial charge >= 0.3 is 0 Å². The van der Waals surface area contributed by atoms with Crippen LogP contribution in [-0.2, 0) is 0 Å². The van der Waals surface area contributed by atoms with E-state index >= 15 is 0 Å². The standard InChI is InChI=1S/2C26H76Si11/c2*1-27(2,3)25-36(29(7,8)9,30(10,11)12)34(21,22)33(19,20)35(23,24)37(31(13,14)15,32(16,17)18)26-28(4,5)6/h2*25-26H2,1-24H3. The summed E-state index contributed by atoms with van der Waals surface area (Å²) in [5.74, 6) is 0. The highest BCUT2D eigenvalue weighted by Crippen LogP contribution is 2.55. The lowest BCUT2D eigenvalue weighted by atomic mass is 11.7. The van der Waals surface area contributed by atoms with Crippen molar-refractivity contribution < 1.29 is 0 Å². The van der Waals surface area contributed by atoms with Crippen LogP contribution in [0.25, 0.3) is 0 Å². The Kier molecular flexibility index (Phi) is 25.3. The zero-order chi connectivity index (χ0) is 61.8. The molecule has 0 fully saturated rings. The minimum Gasteiger partial charge on any atom is -0.0737 e. The van der Waals surface area contributed by atoms with Crippen molar-refractivity contribution in [3.05, 3.63) is 0 Å². The number of rotatable bonds is 24. The van der Waals surface area contributed by atoms with Crippen LogP contribution in [0.2, 0.25) is 337 Å². The van der Waals surface area contributed by atoms with E-state index in [1.807, 2.05) is 0 Å². The second-order valence-corrected chi connectivity index (χ2v) is 270. The Morgan fingerprint density at radius 1 is 0.122 bits per heavy atom. The maximum absolute atomic E-state index is 3.11. The quantitative estimate of drug-likeness (QED) is 0.0845.